The van der Waals surface area contributed by atoms with Gasteiger partial charge in [-0.1, -0.05) is 20.8 Å². The highest BCUT2D eigenvalue weighted by Gasteiger charge is 2.50. The first-order valence-corrected chi connectivity index (χ1v) is 10.4. The van der Waals surface area contributed by atoms with Gasteiger partial charge in [0.2, 0.25) is 0 Å². The Bertz CT molecular complexity index is 1040. The number of anilines is 2. The fraction of sp³-hybridized carbons (Fsp3) is 0.333. The largest absolute Gasteiger partial charge is 0.442 e. The zero-order valence-corrected chi connectivity index (χ0v) is 19.2. The third-order valence-electron chi connectivity index (χ3n) is 4.97. The predicted molar refractivity (Wildman–Crippen MR) is 117 cm³/mol. The third-order valence-corrected chi connectivity index (χ3v) is 5.64. The Kier molecular flexibility index (Phi) is 6.40. The molecule has 0 bridgehead atoms. The Morgan fingerprint density at radius 3 is 2.32 bits per heavy atom. The topological polar surface area (TPSA) is 84.7 Å². The lowest BCUT2D eigenvalue weighted by atomic mass is 9.76. The summed E-state index contributed by atoms with van der Waals surface area (Å²) in [6.07, 6.45) is -1.59. The van der Waals surface area contributed by atoms with Crippen LogP contribution in [0.25, 0.3) is 0 Å². The smallest absolute Gasteiger partial charge is 0.404 e. The quantitative estimate of drug-likeness (QED) is 0.540. The maximum atomic E-state index is 14.3. The highest BCUT2D eigenvalue weighted by Crippen LogP contribution is 2.38. The summed E-state index contributed by atoms with van der Waals surface area (Å²) in [5, 5.41) is 2.68. The lowest BCUT2D eigenvalue weighted by molar-refractivity contribution is -0.0889. The predicted octanol–water partition coefficient (Wildman–Crippen LogP) is 4.79. The molecule has 1 fully saturated rings. The third kappa shape index (κ3) is 4.89. The van der Waals surface area contributed by atoms with Crippen LogP contribution in [0.15, 0.2) is 30.3 Å². The molecule has 2 aromatic rings. The van der Waals surface area contributed by atoms with Crippen LogP contribution in [-0.4, -0.2) is 35.6 Å². The van der Waals surface area contributed by atoms with Crippen molar-refractivity contribution < 1.29 is 27.5 Å². The van der Waals surface area contributed by atoms with E-state index in [9.17, 15) is 22.8 Å². The van der Waals surface area contributed by atoms with Gasteiger partial charge in [0.15, 0.2) is 11.6 Å². The van der Waals surface area contributed by atoms with E-state index < -0.39 is 47.0 Å². The second kappa shape index (κ2) is 8.56. The first-order chi connectivity index (χ1) is 14.4. The first-order valence-electron chi connectivity index (χ1n) is 9.36. The molecule has 31 heavy (non-hydrogen) atoms. The van der Waals surface area contributed by atoms with Crippen molar-refractivity contribution in [2.45, 2.75) is 32.9 Å². The van der Waals surface area contributed by atoms with Crippen LogP contribution < -0.4 is 11.1 Å². The van der Waals surface area contributed by atoms with Gasteiger partial charge in [-0.05, 0) is 52.3 Å². The number of hydrogen-bond acceptors (Lipinski definition) is 4. The summed E-state index contributed by atoms with van der Waals surface area (Å²) in [4.78, 5) is 25.8. The number of ether oxygens (including phenoxy) is 1. The molecule has 6 nitrogen and oxygen atoms in total. The van der Waals surface area contributed by atoms with E-state index in [0.29, 0.717) is 3.57 Å². The van der Waals surface area contributed by atoms with Crippen LogP contribution in [0.2, 0.25) is 0 Å². The van der Waals surface area contributed by atoms with E-state index in [1.807, 2.05) is 43.4 Å². The Labute approximate surface area is 191 Å². The van der Waals surface area contributed by atoms with Crippen molar-refractivity contribution in [3.8, 4) is 0 Å². The normalized spacial score (nSPS) is 18.4. The molecule has 3 rings (SSSR count). The Morgan fingerprint density at radius 2 is 1.74 bits per heavy atom. The molecule has 2 aromatic carbocycles. The van der Waals surface area contributed by atoms with Gasteiger partial charge < -0.3 is 20.7 Å². The number of nitrogens with one attached hydrogen (secondary N) is 1. The van der Waals surface area contributed by atoms with E-state index in [1.54, 1.807) is 6.07 Å². The van der Waals surface area contributed by atoms with Crippen molar-refractivity contribution in [1.29, 1.82) is 0 Å². The molecule has 1 aliphatic rings. The van der Waals surface area contributed by atoms with Crippen molar-refractivity contribution >= 4 is 46.0 Å². The van der Waals surface area contributed by atoms with Gasteiger partial charge in [0.05, 0.1) is 29.5 Å². The number of likely N-dealkylation sites (tertiary alicyclic amines) is 1. The zero-order valence-electron chi connectivity index (χ0n) is 17.0. The monoisotopic (exact) mass is 547 g/mol. The molecule has 0 aromatic heterocycles. The van der Waals surface area contributed by atoms with Gasteiger partial charge >= 0.3 is 6.09 Å². The molecule has 1 aliphatic heterocycles. The number of rotatable bonds is 4. The van der Waals surface area contributed by atoms with Crippen LogP contribution in [0.5, 0.6) is 0 Å². The van der Waals surface area contributed by atoms with Gasteiger partial charge in [-0.25, -0.2) is 18.0 Å². The molecule has 0 saturated carbocycles. The molecule has 2 atom stereocenters. The number of nitrogens with two attached hydrogens (primary N) is 1. The molecule has 1 saturated heterocycles. The van der Waals surface area contributed by atoms with E-state index in [-0.39, 0.29) is 23.5 Å². The van der Waals surface area contributed by atoms with Crippen LogP contribution >= 0.6 is 22.6 Å². The lowest BCUT2D eigenvalue weighted by Crippen LogP contribution is -2.68. The molecular weight excluding hydrogens is 526 g/mol. The zero-order chi connectivity index (χ0) is 23.1. The number of nitrogens with zero attached hydrogens (tertiary/aromatic N) is 1. The standard InChI is InChI=1S/C21H21F3IN3O3/c1-21(2,3)18-17(31-20(26)30)9-28(18)19(29)11-7-12(22)13(23)8-16(11)27-15-5-4-10(25)6-14(15)24/h4-8,17-18,27H,9H2,1-3H3,(H2,26,30). The Hall–Kier alpha value is -2.50. The van der Waals surface area contributed by atoms with Gasteiger partial charge in [-0.3, -0.25) is 4.79 Å². The second-order valence-corrected chi connectivity index (χ2v) is 9.55. The summed E-state index contributed by atoms with van der Waals surface area (Å²) in [5.41, 5.74) is 4.35. The van der Waals surface area contributed by atoms with Gasteiger partial charge in [0.25, 0.3) is 5.91 Å². The van der Waals surface area contributed by atoms with Crippen molar-refractivity contribution in [3.05, 3.63) is 56.9 Å². The van der Waals surface area contributed by atoms with Crippen LogP contribution in [0, 0.1) is 26.4 Å². The lowest BCUT2D eigenvalue weighted by Gasteiger charge is -2.52. The number of carbonyl (C=O) groups is 2. The van der Waals surface area contributed by atoms with Gasteiger partial charge in [0.1, 0.15) is 11.9 Å². The van der Waals surface area contributed by atoms with Crippen LogP contribution in [0.1, 0.15) is 31.1 Å². The summed E-state index contributed by atoms with van der Waals surface area (Å²) in [7, 11) is 0. The average Bonchev–Trinajstić information content (AvgIpc) is 2.61. The fourth-order valence-corrected chi connectivity index (χ4v) is 4.13. The minimum Gasteiger partial charge on any atom is -0.442 e. The van der Waals surface area contributed by atoms with Gasteiger partial charge in [-0.15, -0.1) is 0 Å². The molecular formula is C21H21F3IN3O3. The molecule has 166 valence electrons. The summed E-state index contributed by atoms with van der Waals surface area (Å²) in [6, 6.07) is 5.37. The molecule has 0 radical (unpaired) electrons. The maximum absolute atomic E-state index is 14.3. The van der Waals surface area contributed by atoms with Crippen LogP contribution in [0.3, 0.4) is 0 Å². The molecule has 10 heteroatoms. The van der Waals surface area contributed by atoms with E-state index in [4.69, 9.17) is 10.5 Å². The number of halogens is 4. The molecule has 0 aliphatic carbocycles. The fourth-order valence-electron chi connectivity index (χ4n) is 3.67. The van der Waals surface area contributed by atoms with Crippen molar-refractivity contribution in [2.24, 2.45) is 11.1 Å². The number of hydrogen-bond donors (Lipinski definition) is 2. The van der Waals surface area contributed by atoms with Crippen molar-refractivity contribution in [2.75, 3.05) is 11.9 Å². The SMILES string of the molecule is CC(C)(C)C1C(OC(N)=O)CN1C(=O)c1cc(F)c(F)cc1Nc1ccc(I)cc1F. The van der Waals surface area contributed by atoms with E-state index in [0.717, 1.165) is 12.1 Å². The van der Waals surface area contributed by atoms with Crippen LogP contribution in [0.4, 0.5) is 29.3 Å². The minimum atomic E-state index is -1.21. The van der Waals surface area contributed by atoms with E-state index in [2.05, 4.69) is 5.32 Å². The maximum Gasteiger partial charge on any atom is 0.404 e. The van der Waals surface area contributed by atoms with E-state index in [1.165, 1.54) is 17.0 Å². The Morgan fingerprint density at radius 1 is 1.10 bits per heavy atom. The van der Waals surface area contributed by atoms with E-state index >= 15 is 0 Å². The minimum absolute atomic E-state index is 0.00592. The number of primary amides is 1. The highest BCUT2D eigenvalue weighted by atomic mass is 127. The van der Waals surface area contributed by atoms with Gasteiger partial charge in [0, 0.05) is 9.64 Å². The second-order valence-electron chi connectivity index (χ2n) is 8.30. The molecule has 3 N–H and O–H groups in total. The number of amides is 2. The number of benzene rings is 2. The van der Waals surface area contributed by atoms with Gasteiger partial charge in [-0.2, -0.15) is 0 Å². The molecule has 2 unspecified atom stereocenters. The number of carbonyl (C=O) groups excluding carboxylic acids is 2. The average molecular weight is 547 g/mol. The Balaban J connectivity index is 1.97. The summed E-state index contributed by atoms with van der Waals surface area (Å²) >= 11 is 1.94. The summed E-state index contributed by atoms with van der Waals surface area (Å²) in [5.74, 6) is -3.62. The van der Waals surface area contributed by atoms with Crippen LogP contribution in [-0.2, 0) is 4.74 Å². The molecule has 0 spiro atoms. The highest BCUT2D eigenvalue weighted by molar-refractivity contribution is 14.1. The first kappa shape index (κ1) is 23.2. The molecule has 1 heterocycles. The molecule has 2 amide bonds. The van der Waals surface area contributed by atoms with Crippen molar-refractivity contribution in [3.63, 3.8) is 0 Å². The summed E-state index contributed by atoms with van der Waals surface area (Å²) < 4.78 is 48.0. The summed E-state index contributed by atoms with van der Waals surface area (Å²) in [6.45, 7) is 5.58. The van der Waals surface area contributed by atoms with Crippen molar-refractivity contribution in [1.82, 2.24) is 4.90 Å².